The van der Waals surface area contributed by atoms with Crippen LogP contribution in [0, 0.1) is 0 Å². The van der Waals surface area contributed by atoms with Gasteiger partial charge in [-0.05, 0) is 34.9 Å². The molecule has 2 amide bonds. The van der Waals surface area contributed by atoms with Gasteiger partial charge in [0.15, 0.2) is 17.3 Å². The molecule has 0 unspecified atom stereocenters. The summed E-state index contributed by atoms with van der Waals surface area (Å²) in [7, 11) is 4.90. The molecule has 0 atom stereocenters. The van der Waals surface area contributed by atoms with Crippen molar-refractivity contribution in [2.75, 3.05) is 20.8 Å². The fourth-order valence-corrected chi connectivity index (χ4v) is 2.72. The molecule has 1 aromatic heterocycles. The highest BCUT2D eigenvalue weighted by Gasteiger charge is 2.23. The highest BCUT2D eigenvalue weighted by Crippen LogP contribution is 2.33. The van der Waals surface area contributed by atoms with E-state index >= 15 is 0 Å². The van der Waals surface area contributed by atoms with E-state index in [1.807, 2.05) is 12.1 Å². The van der Waals surface area contributed by atoms with E-state index in [1.165, 1.54) is 10.4 Å². The van der Waals surface area contributed by atoms with E-state index < -0.39 is 0 Å². The first kappa shape index (κ1) is 16.0. The lowest BCUT2D eigenvalue weighted by Gasteiger charge is -2.29. The SMILES string of the molecule is COc1cc2c(cc1OC)CN(C(=O)NCc1nnn(C)n1)CC2. The van der Waals surface area contributed by atoms with Crippen molar-refractivity contribution in [3.8, 4) is 11.5 Å². The second-order valence-electron chi connectivity index (χ2n) is 5.50. The van der Waals surface area contributed by atoms with E-state index in [4.69, 9.17) is 9.47 Å². The zero-order valence-corrected chi connectivity index (χ0v) is 13.9. The molecule has 0 saturated heterocycles. The summed E-state index contributed by atoms with van der Waals surface area (Å²) in [6.07, 6.45) is 0.770. The number of ether oxygens (including phenoxy) is 2. The average molecular weight is 332 g/mol. The van der Waals surface area contributed by atoms with Crippen LogP contribution in [-0.2, 0) is 26.6 Å². The maximum absolute atomic E-state index is 12.3. The molecule has 9 heteroatoms. The quantitative estimate of drug-likeness (QED) is 0.876. The van der Waals surface area contributed by atoms with Gasteiger partial charge in [-0.2, -0.15) is 4.80 Å². The van der Waals surface area contributed by atoms with Gasteiger partial charge in [0, 0.05) is 13.1 Å². The van der Waals surface area contributed by atoms with Gasteiger partial charge in [-0.15, -0.1) is 10.2 Å². The van der Waals surface area contributed by atoms with Crippen molar-refractivity contribution in [3.05, 3.63) is 29.1 Å². The Kier molecular flexibility index (Phi) is 4.50. The molecule has 1 aromatic carbocycles. The summed E-state index contributed by atoms with van der Waals surface area (Å²) in [4.78, 5) is 15.5. The van der Waals surface area contributed by atoms with Gasteiger partial charge in [0.25, 0.3) is 0 Å². The Morgan fingerprint density at radius 2 is 1.96 bits per heavy atom. The number of aryl methyl sites for hydroxylation is 1. The number of rotatable bonds is 4. The molecule has 1 N–H and O–H groups in total. The number of carbonyl (C=O) groups excluding carboxylic acids is 1. The number of nitrogens with one attached hydrogen (secondary N) is 1. The number of hydrogen-bond donors (Lipinski definition) is 1. The van der Waals surface area contributed by atoms with Crippen LogP contribution < -0.4 is 14.8 Å². The second kappa shape index (κ2) is 6.73. The molecule has 1 aliphatic rings. The molecule has 0 aliphatic carbocycles. The summed E-state index contributed by atoms with van der Waals surface area (Å²) in [5.74, 6) is 1.86. The topological polar surface area (TPSA) is 94.4 Å². The minimum Gasteiger partial charge on any atom is -0.493 e. The Hall–Kier alpha value is -2.84. The fourth-order valence-electron chi connectivity index (χ4n) is 2.72. The number of carbonyl (C=O) groups is 1. The lowest BCUT2D eigenvalue weighted by molar-refractivity contribution is 0.191. The number of hydrogen-bond acceptors (Lipinski definition) is 6. The molecule has 0 radical (unpaired) electrons. The number of nitrogens with zero attached hydrogens (tertiary/aromatic N) is 5. The van der Waals surface area contributed by atoms with E-state index in [9.17, 15) is 4.79 Å². The highest BCUT2D eigenvalue weighted by molar-refractivity contribution is 5.74. The van der Waals surface area contributed by atoms with Crippen LogP contribution in [0.5, 0.6) is 11.5 Å². The molecule has 0 spiro atoms. The Labute approximate surface area is 139 Å². The van der Waals surface area contributed by atoms with Crippen LogP contribution in [0.1, 0.15) is 17.0 Å². The maximum atomic E-state index is 12.3. The third-order valence-electron chi connectivity index (χ3n) is 3.95. The predicted molar refractivity (Wildman–Crippen MR) is 84.7 cm³/mol. The molecule has 24 heavy (non-hydrogen) atoms. The van der Waals surface area contributed by atoms with E-state index in [0.717, 1.165) is 12.0 Å². The Morgan fingerprint density at radius 3 is 2.58 bits per heavy atom. The van der Waals surface area contributed by atoms with Crippen molar-refractivity contribution in [1.82, 2.24) is 30.4 Å². The van der Waals surface area contributed by atoms with Gasteiger partial charge < -0.3 is 19.7 Å². The molecule has 0 fully saturated rings. The van der Waals surface area contributed by atoms with Crippen LogP contribution in [0.3, 0.4) is 0 Å². The van der Waals surface area contributed by atoms with E-state index in [2.05, 4.69) is 20.7 Å². The summed E-state index contributed by atoms with van der Waals surface area (Å²) in [6.45, 7) is 1.42. The van der Waals surface area contributed by atoms with Crippen molar-refractivity contribution >= 4 is 6.03 Å². The van der Waals surface area contributed by atoms with Crippen LogP contribution in [0.15, 0.2) is 12.1 Å². The van der Waals surface area contributed by atoms with Gasteiger partial charge in [-0.25, -0.2) is 4.79 Å². The van der Waals surface area contributed by atoms with E-state index in [-0.39, 0.29) is 12.6 Å². The number of aromatic nitrogens is 4. The standard InChI is InChI=1S/C15H20N6O3/c1-20-18-14(17-19-20)8-16-15(22)21-5-4-10-6-12(23-2)13(24-3)7-11(10)9-21/h6-7H,4-5,8-9H2,1-3H3,(H,16,22). The van der Waals surface area contributed by atoms with Crippen LogP contribution in [-0.4, -0.2) is 51.9 Å². The predicted octanol–water partition coefficient (Wildman–Crippen LogP) is 0.495. The van der Waals surface area contributed by atoms with Crippen LogP contribution >= 0.6 is 0 Å². The van der Waals surface area contributed by atoms with Gasteiger partial charge in [0.2, 0.25) is 0 Å². The summed E-state index contributed by atoms with van der Waals surface area (Å²) in [6, 6.07) is 3.76. The molecule has 9 nitrogen and oxygen atoms in total. The average Bonchev–Trinajstić information content (AvgIpc) is 3.03. The molecular weight excluding hydrogens is 312 g/mol. The first-order valence-electron chi connectivity index (χ1n) is 7.60. The minimum absolute atomic E-state index is 0.150. The third-order valence-corrected chi connectivity index (χ3v) is 3.95. The van der Waals surface area contributed by atoms with Gasteiger partial charge in [0.1, 0.15) is 0 Å². The normalized spacial score (nSPS) is 13.4. The summed E-state index contributed by atoms with van der Waals surface area (Å²) in [5, 5.41) is 14.4. The van der Waals surface area contributed by atoms with Gasteiger partial charge >= 0.3 is 6.03 Å². The highest BCUT2D eigenvalue weighted by atomic mass is 16.5. The first-order valence-corrected chi connectivity index (χ1v) is 7.60. The van der Waals surface area contributed by atoms with E-state index in [1.54, 1.807) is 26.2 Å². The van der Waals surface area contributed by atoms with Crippen molar-refractivity contribution in [2.45, 2.75) is 19.5 Å². The van der Waals surface area contributed by atoms with E-state index in [0.29, 0.717) is 30.4 Å². The molecule has 128 valence electrons. The van der Waals surface area contributed by atoms with Gasteiger partial charge in [-0.3, -0.25) is 0 Å². The molecule has 3 rings (SSSR count). The Bertz CT molecular complexity index is 745. The Balaban J connectivity index is 1.66. The van der Waals surface area contributed by atoms with Gasteiger partial charge in [0.05, 0.1) is 27.8 Å². The van der Waals surface area contributed by atoms with Crippen molar-refractivity contribution < 1.29 is 14.3 Å². The van der Waals surface area contributed by atoms with Crippen LogP contribution in [0.2, 0.25) is 0 Å². The second-order valence-corrected chi connectivity index (χ2v) is 5.50. The molecular formula is C15H20N6O3. The van der Waals surface area contributed by atoms with Crippen LogP contribution in [0.25, 0.3) is 0 Å². The lowest BCUT2D eigenvalue weighted by Crippen LogP contribution is -2.42. The molecule has 0 bridgehead atoms. The number of fused-ring (bicyclic) bond motifs is 1. The monoisotopic (exact) mass is 332 g/mol. The lowest BCUT2D eigenvalue weighted by atomic mass is 9.99. The molecule has 2 heterocycles. The number of amides is 2. The zero-order chi connectivity index (χ0) is 17.1. The molecule has 1 aliphatic heterocycles. The fraction of sp³-hybridized carbons (Fsp3) is 0.467. The van der Waals surface area contributed by atoms with Gasteiger partial charge in [-0.1, -0.05) is 0 Å². The Morgan fingerprint density at radius 1 is 1.25 bits per heavy atom. The summed E-state index contributed by atoms with van der Waals surface area (Å²) < 4.78 is 10.7. The molecule has 2 aromatic rings. The first-order chi connectivity index (χ1) is 11.6. The van der Waals surface area contributed by atoms with Crippen molar-refractivity contribution in [1.29, 1.82) is 0 Å². The number of urea groups is 1. The third kappa shape index (κ3) is 3.24. The largest absolute Gasteiger partial charge is 0.493 e. The minimum atomic E-state index is -0.150. The smallest absolute Gasteiger partial charge is 0.318 e. The van der Waals surface area contributed by atoms with Crippen molar-refractivity contribution in [3.63, 3.8) is 0 Å². The van der Waals surface area contributed by atoms with Crippen molar-refractivity contribution in [2.24, 2.45) is 7.05 Å². The van der Waals surface area contributed by atoms with Crippen LogP contribution in [0.4, 0.5) is 4.79 Å². The number of methoxy groups -OCH3 is 2. The zero-order valence-electron chi connectivity index (χ0n) is 13.9. The molecule has 0 saturated carbocycles. The maximum Gasteiger partial charge on any atom is 0.318 e. The summed E-state index contributed by atoms with van der Waals surface area (Å²) in [5.41, 5.74) is 2.24. The summed E-state index contributed by atoms with van der Waals surface area (Å²) >= 11 is 0. The number of tetrazole rings is 1. The number of benzene rings is 1.